The first-order chi connectivity index (χ1) is 40.3. The Balaban J connectivity index is 2.54. The smallest absolute Gasteiger partial charge is 0.317 e. The van der Waals surface area contributed by atoms with Gasteiger partial charge in [-0.25, -0.2) is 0 Å². The lowest BCUT2D eigenvalue weighted by Crippen LogP contribution is -2.60. The lowest BCUT2D eigenvalue weighted by Gasteiger charge is -2.46. The number of aliphatic hydroxyl groups excluding tert-OH is 9. The van der Waals surface area contributed by atoms with Crippen LogP contribution in [0.15, 0.2) is 53.6 Å². The van der Waals surface area contributed by atoms with E-state index in [1.165, 1.54) is 32.1 Å². The third-order valence-electron chi connectivity index (χ3n) is 16.7. The number of hydrogen-bond acceptors (Lipinski definition) is 20. The van der Waals surface area contributed by atoms with Crippen molar-refractivity contribution in [3.8, 4) is 0 Å². The largest absolute Gasteiger partial charge is 0.481 e. The highest BCUT2D eigenvalue weighted by Gasteiger charge is 2.52. The quantitative estimate of drug-likeness (QED) is 0.0189. The summed E-state index contributed by atoms with van der Waals surface area (Å²) < 4.78 is 22.8. The number of nitrogens with one attached hydrogen (secondary N) is 1. The third kappa shape index (κ3) is 28.5. The molecule has 24 nitrogen and oxygen atoms in total. The van der Waals surface area contributed by atoms with Gasteiger partial charge in [-0.2, -0.15) is 0 Å². The number of nitrogens with two attached hydrogens (primary N) is 1. The Morgan fingerprint density at radius 1 is 0.721 bits per heavy atom. The molecule has 2 rings (SSSR count). The van der Waals surface area contributed by atoms with Crippen LogP contribution in [-0.2, 0) is 42.9 Å². The summed E-state index contributed by atoms with van der Waals surface area (Å²) >= 11 is 0. The number of fused-ring (bicyclic) bond motifs is 2. The summed E-state index contributed by atoms with van der Waals surface area (Å²) in [5, 5.41) is 135. The number of rotatable bonds is 17. The Hall–Kier alpha value is -4.86. The number of aliphatic hydroxyl groups is 10. The summed E-state index contributed by atoms with van der Waals surface area (Å²) in [6.07, 6.45) is -3.57. The number of carbonyl (C=O) groups is 5. The van der Waals surface area contributed by atoms with Gasteiger partial charge in [0.15, 0.2) is 11.7 Å². The van der Waals surface area contributed by atoms with Crippen LogP contribution in [0.1, 0.15) is 158 Å². The van der Waals surface area contributed by atoms with E-state index in [0.29, 0.717) is 12.4 Å². The SMILES string of the molecule is CN=C(N)NCCC/C=C/CCC[C@H](C)C[C@H](C)[C@@H]1OC(=O)[C@H](C)[C@H](O)/C=C/[C@@H](C)[C@H](O)C[C@H](O)[C@H](C)[C@@H](O)CC[C@H](C)[C@H](O)C[C@@]2(O)O[C@@H](C[C@@H](O)C[C@H](OC(=O)CC(=O)O)C[C@@H](O)[C@@H](C)[C@@H](O)/C=C\C=C/[C@H]1C)C[C@H](OC(=O)CC(=O)O)[C@H]2O. The molecule has 1 saturated heterocycles. The number of unbranched alkanes of at least 4 members (excludes halogenated alkanes) is 2. The van der Waals surface area contributed by atoms with Crippen LogP contribution < -0.4 is 11.1 Å². The highest BCUT2D eigenvalue weighted by atomic mass is 16.7. The number of aliphatic carboxylic acids is 2. The zero-order valence-corrected chi connectivity index (χ0v) is 51.8. The molecule has 2 aliphatic rings. The van der Waals surface area contributed by atoms with Crippen molar-refractivity contribution < 1.29 is 104 Å². The number of cyclic esters (lactones) is 1. The zero-order chi connectivity index (χ0) is 65.0. The van der Waals surface area contributed by atoms with Gasteiger partial charge in [-0.05, 0) is 76.0 Å². The summed E-state index contributed by atoms with van der Waals surface area (Å²) in [6, 6.07) is 0. The highest BCUT2D eigenvalue weighted by molar-refractivity contribution is 5.90. The fourth-order valence-corrected chi connectivity index (χ4v) is 10.8. The molecule has 0 spiro atoms. The molecule has 15 N–H and O–H groups in total. The molecular formula is C62H105N3O21. The second-order valence-electron chi connectivity index (χ2n) is 24.4. The molecule has 0 radical (unpaired) electrons. The van der Waals surface area contributed by atoms with Crippen LogP contribution in [0.2, 0.25) is 0 Å². The van der Waals surface area contributed by atoms with Crippen LogP contribution in [-0.4, -0.2) is 196 Å². The first-order valence-electron chi connectivity index (χ1n) is 30.5. The Kier molecular flexibility index (Phi) is 35.2. The van der Waals surface area contributed by atoms with E-state index in [4.69, 9.17) is 24.7 Å². The second kappa shape index (κ2) is 39.2. The van der Waals surface area contributed by atoms with Crippen molar-refractivity contribution in [2.45, 2.75) is 243 Å². The zero-order valence-electron chi connectivity index (χ0n) is 51.8. The summed E-state index contributed by atoms with van der Waals surface area (Å²) in [4.78, 5) is 65.9. The fraction of sp³-hybridized carbons (Fsp3) is 0.774. The maximum Gasteiger partial charge on any atom is 0.317 e. The predicted octanol–water partition coefficient (Wildman–Crippen LogP) is 3.33. The van der Waals surface area contributed by atoms with Crippen molar-refractivity contribution in [3.63, 3.8) is 0 Å². The minimum atomic E-state index is -2.70. The van der Waals surface area contributed by atoms with E-state index in [-0.39, 0.29) is 31.1 Å². The van der Waals surface area contributed by atoms with Gasteiger partial charge in [-0.1, -0.05) is 103 Å². The molecule has 0 aromatic heterocycles. The number of carboxylic acid groups (broad SMARTS) is 2. The molecule has 86 heavy (non-hydrogen) atoms. The van der Waals surface area contributed by atoms with E-state index >= 15 is 0 Å². The van der Waals surface area contributed by atoms with Crippen molar-refractivity contribution in [2.24, 2.45) is 58.1 Å². The maximum absolute atomic E-state index is 13.9. The van der Waals surface area contributed by atoms with Crippen molar-refractivity contribution in [1.29, 1.82) is 0 Å². The molecule has 24 heteroatoms. The van der Waals surface area contributed by atoms with E-state index < -0.39 is 195 Å². The van der Waals surface area contributed by atoms with Gasteiger partial charge in [-0.3, -0.25) is 29.0 Å². The molecule has 2 aliphatic heterocycles. The Bertz CT molecular complexity index is 2200. The Morgan fingerprint density at radius 2 is 1.33 bits per heavy atom. The number of carbonyl (C=O) groups excluding carboxylic acids is 3. The average molecular weight is 1230 g/mol. The van der Waals surface area contributed by atoms with Crippen molar-refractivity contribution >= 4 is 35.8 Å². The van der Waals surface area contributed by atoms with Gasteiger partial charge in [0.25, 0.3) is 0 Å². The van der Waals surface area contributed by atoms with Crippen LogP contribution in [0.25, 0.3) is 0 Å². The van der Waals surface area contributed by atoms with Crippen molar-refractivity contribution in [2.75, 3.05) is 13.6 Å². The number of hydrogen-bond donors (Lipinski definition) is 14. The molecule has 494 valence electrons. The number of ether oxygens (including phenoxy) is 4. The van der Waals surface area contributed by atoms with E-state index in [9.17, 15) is 85.3 Å². The van der Waals surface area contributed by atoms with Gasteiger partial charge in [-0.15, -0.1) is 0 Å². The lowest BCUT2D eigenvalue weighted by atomic mass is 9.83. The van der Waals surface area contributed by atoms with Crippen LogP contribution in [0.5, 0.6) is 0 Å². The number of nitrogens with zero attached hydrogens (tertiary/aromatic N) is 1. The van der Waals surface area contributed by atoms with Crippen molar-refractivity contribution in [1.82, 2.24) is 5.32 Å². The number of aliphatic imine (C=N–C) groups is 1. The summed E-state index contributed by atoms with van der Waals surface area (Å²) in [5.41, 5.74) is 5.69. The topological polar surface area (TPSA) is 415 Å². The standard InChI is InChI=1S/C62H105N3O21/c1-35(18-14-12-10-11-13-17-25-65-61(63)64-9)26-39(5)58-38(4)19-15-16-20-46(67)40(6)50(71)29-44(83-56(78)32-54(74)75)27-43(66)28-45-30-53(84-57(79)33-55(76)77)59(80)62(82,86-45)34-52(73)37(3)22-23-47(68)41(7)51(72)31-49(70)36(2)21-24-48(69)42(8)60(81)85-58/h10-11,15-16,19-21,24,35-53,58-59,66-73,80,82H,12-14,17-18,22-23,25-34H2,1-9H3,(H,74,75)(H,76,77)(H3,63,64,65)/b11-10+,19-15-,20-16-,24-21+/t35-,36+,37-,38+,39-,40-,41+,42+,43-,44-,45-,46-,47-,48+,49+,50+,51-,52+,53-,58+,59+,62+/m0/s1. The number of guanidine groups is 1. The molecule has 22 atom stereocenters. The van der Waals surface area contributed by atoms with Gasteiger partial charge in [0, 0.05) is 69.4 Å². The van der Waals surface area contributed by atoms with Crippen LogP contribution in [0.3, 0.4) is 0 Å². The molecule has 0 amide bonds. The normalized spacial score (nSPS) is 36.9. The molecular weight excluding hydrogens is 1120 g/mol. The molecule has 0 aromatic rings. The Labute approximate surface area is 507 Å². The van der Waals surface area contributed by atoms with Gasteiger partial charge >= 0.3 is 29.8 Å². The first kappa shape index (κ1) is 77.2. The minimum Gasteiger partial charge on any atom is -0.481 e. The van der Waals surface area contributed by atoms with E-state index in [1.807, 2.05) is 13.8 Å². The van der Waals surface area contributed by atoms with Gasteiger partial charge in [0.2, 0.25) is 0 Å². The molecule has 0 unspecified atom stereocenters. The van der Waals surface area contributed by atoms with Crippen LogP contribution >= 0.6 is 0 Å². The molecule has 2 heterocycles. The minimum absolute atomic E-state index is 0.00763. The summed E-state index contributed by atoms with van der Waals surface area (Å²) in [5.74, 6) is -13.0. The summed E-state index contributed by atoms with van der Waals surface area (Å²) in [6.45, 7) is 14.6. The second-order valence-corrected chi connectivity index (χ2v) is 24.4. The predicted molar refractivity (Wildman–Crippen MR) is 318 cm³/mol. The van der Waals surface area contributed by atoms with E-state index in [0.717, 1.165) is 38.6 Å². The van der Waals surface area contributed by atoms with E-state index in [2.05, 4.69) is 29.4 Å². The maximum atomic E-state index is 13.9. The van der Waals surface area contributed by atoms with Crippen LogP contribution in [0, 0.1) is 47.3 Å². The van der Waals surface area contributed by atoms with E-state index in [1.54, 1.807) is 46.0 Å². The molecule has 0 aliphatic carbocycles. The molecule has 0 saturated carbocycles. The fourth-order valence-electron chi connectivity index (χ4n) is 10.8. The molecule has 2 bridgehead atoms. The number of allylic oxidation sites excluding steroid dienone is 4. The Morgan fingerprint density at radius 3 is 1.95 bits per heavy atom. The van der Waals surface area contributed by atoms with Gasteiger partial charge in [0.1, 0.15) is 37.3 Å². The van der Waals surface area contributed by atoms with Gasteiger partial charge in [0.05, 0.1) is 60.9 Å². The monoisotopic (exact) mass is 1230 g/mol. The number of carboxylic acids is 2. The van der Waals surface area contributed by atoms with Gasteiger partial charge < -0.3 is 91.3 Å². The number of esters is 3. The lowest BCUT2D eigenvalue weighted by molar-refractivity contribution is -0.334. The van der Waals surface area contributed by atoms with Crippen molar-refractivity contribution in [3.05, 3.63) is 48.6 Å². The highest BCUT2D eigenvalue weighted by Crippen LogP contribution is 2.38. The average Bonchev–Trinajstić information content (AvgIpc) is 1.01. The molecule has 1 fully saturated rings. The van der Waals surface area contributed by atoms with Crippen LogP contribution in [0.4, 0.5) is 0 Å². The summed E-state index contributed by atoms with van der Waals surface area (Å²) in [7, 11) is 1.62. The third-order valence-corrected chi connectivity index (χ3v) is 16.7. The first-order valence-corrected chi connectivity index (χ1v) is 30.5. The molecule has 0 aromatic carbocycles.